The molecular formula is C15H26N4O2. The van der Waals surface area contributed by atoms with Crippen molar-refractivity contribution in [2.75, 3.05) is 13.1 Å². The molecule has 6 nitrogen and oxygen atoms in total. The number of piperidine rings is 1. The third-order valence-corrected chi connectivity index (χ3v) is 4.21. The van der Waals surface area contributed by atoms with Crippen molar-refractivity contribution in [3.05, 3.63) is 17.2 Å². The van der Waals surface area contributed by atoms with E-state index in [4.69, 9.17) is 5.73 Å². The molecule has 0 aromatic carbocycles. The molecule has 1 aliphatic heterocycles. The van der Waals surface area contributed by atoms with Gasteiger partial charge >= 0.3 is 0 Å². The largest absolute Gasteiger partial charge is 0.389 e. The lowest BCUT2D eigenvalue weighted by Crippen LogP contribution is -2.48. The number of aromatic amines is 1. The van der Waals surface area contributed by atoms with Crippen molar-refractivity contribution in [1.29, 1.82) is 0 Å². The average molecular weight is 294 g/mol. The second-order valence-electron chi connectivity index (χ2n) is 6.11. The minimum atomic E-state index is -0.801. The van der Waals surface area contributed by atoms with Gasteiger partial charge in [-0.25, -0.2) is 4.98 Å². The molecule has 0 spiro atoms. The number of hydrogen-bond acceptors (Lipinski definition) is 4. The molecular weight excluding hydrogens is 268 g/mol. The number of nitrogens with two attached hydrogens (primary N) is 1. The lowest BCUT2D eigenvalue weighted by molar-refractivity contribution is -0.120. The van der Waals surface area contributed by atoms with Gasteiger partial charge < -0.3 is 15.8 Å². The van der Waals surface area contributed by atoms with E-state index in [-0.39, 0.29) is 12.3 Å². The van der Waals surface area contributed by atoms with Crippen LogP contribution >= 0.6 is 0 Å². The summed E-state index contributed by atoms with van der Waals surface area (Å²) in [5.74, 6) is 0.653. The highest BCUT2D eigenvalue weighted by Gasteiger charge is 2.33. The van der Waals surface area contributed by atoms with Crippen molar-refractivity contribution in [1.82, 2.24) is 14.9 Å². The number of β-amino-alcohol motifs (C(OH)–C–C–N with tert-alkyl or cyclic N) is 1. The van der Waals surface area contributed by atoms with Crippen molar-refractivity contribution in [2.24, 2.45) is 5.73 Å². The molecule has 1 atom stereocenters. The fourth-order valence-electron chi connectivity index (χ4n) is 3.00. The Kier molecular flexibility index (Phi) is 5.00. The zero-order chi connectivity index (χ0) is 15.5. The van der Waals surface area contributed by atoms with Gasteiger partial charge in [0.25, 0.3) is 0 Å². The third-order valence-electron chi connectivity index (χ3n) is 4.21. The van der Waals surface area contributed by atoms with E-state index >= 15 is 0 Å². The molecule has 0 saturated carbocycles. The van der Waals surface area contributed by atoms with Gasteiger partial charge in [0.2, 0.25) is 5.91 Å². The molecule has 1 aromatic heterocycles. The van der Waals surface area contributed by atoms with Crippen LogP contribution in [0.25, 0.3) is 0 Å². The summed E-state index contributed by atoms with van der Waals surface area (Å²) in [6.07, 6.45) is 3.24. The standard InChI is InChI=1S/C15H26N4O2/c1-3-14-17-11(2)12(18-14)9-19-8-4-6-15(21,10-19)7-5-13(16)20/h21H,3-10H2,1-2H3,(H2,16,20)(H,17,18)/t15-/m0/s1. The Morgan fingerprint density at radius 1 is 1.57 bits per heavy atom. The molecule has 1 aromatic rings. The molecule has 1 aliphatic rings. The Bertz CT molecular complexity index is 500. The maximum absolute atomic E-state index is 10.9. The monoisotopic (exact) mass is 294 g/mol. The van der Waals surface area contributed by atoms with E-state index in [0.29, 0.717) is 13.0 Å². The number of amides is 1. The molecule has 0 aliphatic carbocycles. The van der Waals surface area contributed by atoms with E-state index in [1.807, 2.05) is 6.92 Å². The highest BCUT2D eigenvalue weighted by atomic mass is 16.3. The number of nitrogens with one attached hydrogen (secondary N) is 1. The fraction of sp³-hybridized carbons (Fsp3) is 0.733. The highest BCUT2D eigenvalue weighted by Crippen LogP contribution is 2.27. The molecule has 0 radical (unpaired) electrons. The second-order valence-corrected chi connectivity index (χ2v) is 6.11. The van der Waals surface area contributed by atoms with Crippen LogP contribution in [0.5, 0.6) is 0 Å². The number of likely N-dealkylation sites (tertiary alicyclic amines) is 1. The number of nitrogens with zero attached hydrogens (tertiary/aromatic N) is 2. The number of imidazole rings is 1. The molecule has 1 amide bonds. The number of H-pyrrole nitrogens is 1. The Morgan fingerprint density at radius 3 is 2.95 bits per heavy atom. The van der Waals surface area contributed by atoms with Gasteiger partial charge in [-0.15, -0.1) is 0 Å². The minimum absolute atomic E-state index is 0.242. The molecule has 118 valence electrons. The summed E-state index contributed by atoms with van der Waals surface area (Å²) in [5, 5.41) is 10.6. The number of rotatable bonds is 6. The highest BCUT2D eigenvalue weighted by molar-refractivity contribution is 5.73. The molecule has 2 rings (SSSR count). The lowest BCUT2D eigenvalue weighted by atomic mass is 9.88. The summed E-state index contributed by atoms with van der Waals surface area (Å²) in [5.41, 5.74) is 6.53. The Balaban J connectivity index is 1.97. The van der Waals surface area contributed by atoms with E-state index < -0.39 is 5.60 Å². The predicted molar refractivity (Wildman–Crippen MR) is 80.6 cm³/mol. The van der Waals surface area contributed by atoms with Gasteiger partial charge in [-0.1, -0.05) is 6.92 Å². The van der Waals surface area contributed by atoms with Crippen LogP contribution in [0.4, 0.5) is 0 Å². The normalized spacial score (nSPS) is 23.4. The zero-order valence-electron chi connectivity index (χ0n) is 13.0. The summed E-state index contributed by atoms with van der Waals surface area (Å²) in [4.78, 5) is 21.0. The zero-order valence-corrected chi connectivity index (χ0v) is 13.0. The van der Waals surface area contributed by atoms with Crippen LogP contribution in [0.2, 0.25) is 0 Å². The topological polar surface area (TPSA) is 95.2 Å². The van der Waals surface area contributed by atoms with Crippen molar-refractivity contribution >= 4 is 5.91 Å². The Labute approximate surface area is 125 Å². The number of aromatic nitrogens is 2. The van der Waals surface area contributed by atoms with E-state index in [1.54, 1.807) is 0 Å². The van der Waals surface area contributed by atoms with Gasteiger partial charge in [-0.05, 0) is 32.7 Å². The number of primary amides is 1. The third kappa shape index (κ3) is 4.28. The number of hydrogen-bond donors (Lipinski definition) is 3. The summed E-state index contributed by atoms with van der Waals surface area (Å²) < 4.78 is 0. The molecule has 2 heterocycles. The molecule has 21 heavy (non-hydrogen) atoms. The van der Waals surface area contributed by atoms with Gasteiger partial charge in [0.05, 0.1) is 11.3 Å². The van der Waals surface area contributed by atoms with E-state index in [2.05, 4.69) is 21.8 Å². The van der Waals surface area contributed by atoms with Crippen molar-refractivity contribution < 1.29 is 9.90 Å². The van der Waals surface area contributed by atoms with Crippen molar-refractivity contribution in [2.45, 2.75) is 58.1 Å². The molecule has 1 fully saturated rings. The average Bonchev–Trinajstić information content (AvgIpc) is 2.77. The Morgan fingerprint density at radius 2 is 2.33 bits per heavy atom. The lowest BCUT2D eigenvalue weighted by Gasteiger charge is -2.39. The van der Waals surface area contributed by atoms with Crippen LogP contribution in [0.15, 0.2) is 0 Å². The molecule has 0 unspecified atom stereocenters. The van der Waals surface area contributed by atoms with Crippen LogP contribution in [-0.2, 0) is 17.8 Å². The van der Waals surface area contributed by atoms with Gasteiger partial charge in [-0.2, -0.15) is 0 Å². The van der Waals surface area contributed by atoms with Crippen LogP contribution in [-0.4, -0.2) is 44.6 Å². The molecule has 6 heteroatoms. The van der Waals surface area contributed by atoms with Crippen molar-refractivity contribution in [3.63, 3.8) is 0 Å². The number of aliphatic hydroxyl groups is 1. The Hall–Kier alpha value is -1.40. The molecule has 1 saturated heterocycles. The van der Waals surface area contributed by atoms with Crippen LogP contribution in [0.1, 0.15) is 49.8 Å². The first-order chi connectivity index (χ1) is 9.92. The van der Waals surface area contributed by atoms with Gasteiger partial charge in [0.1, 0.15) is 5.82 Å². The van der Waals surface area contributed by atoms with Crippen molar-refractivity contribution in [3.8, 4) is 0 Å². The molecule has 4 N–H and O–H groups in total. The second kappa shape index (κ2) is 6.58. The summed E-state index contributed by atoms with van der Waals surface area (Å²) in [7, 11) is 0. The van der Waals surface area contributed by atoms with Crippen LogP contribution in [0.3, 0.4) is 0 Å². The summed E-state index contributed by atoms with van der Waals surface area (Å²) >= 11 is 0. The van der Waals surface area contributed by atoms with Crippen LogP contribution < -0.4 is 5.73 Å². The van der Waals surface area contributed by atoms with Crippen LogP contribution in [0, 0.1) is 6.92 Å². The fourth-order valence-corrected chi connectivity index (χ4v) is 3.00. The van der Waals surface area contributed by atoms with Gasteiger partial charge in [0.15, 0.2) is 0 Å². The first kappa shape index (κ1) is 16.0. The molecule has 0 bridgehead atoms. The van der Waals surface area contributed by atoms with E-state index in [1.165, 1.54) is 0 Å². The van der Waals surface area contributed by atoms with Gasteiger partial charge in [0, 0.05) is 31.6 Å². The predicted octanol–water partition coefficient (Wildman–Crippen LogP) is 0.873. The SMILES string of the molecule is CCc1nc(CN2CCC[C@](O)(CCC(N)=O)C2)c(C)[nH]1. The first-order valence-corrected chi connectivity index (χ1v) is 7.69. The number of aryl methyl sites for hydroxylation is 2. The smallest absolute Gasteiger partial charge is 0.217 e. The first-order valence-electron chi connectivity index (χ1n) is 7.69. The maximum Gasteiger partial charge on any atom is 0.217 e. The van der Waals surface area contributed by atoms with E-state index in [9.17, 15) is 9.90 Å². The summed E-state index contributed by atoms with van der Waals surface area (Å²) in [6.45, 7) is 6.37. The van der Waals surface area contributed by atoms with E-state index in [0.717, 1.165) is 49.6 Å². The number of carbonyl (C=O) groups is 1. The number of carbonyl (C=O) groups excluding carboxylic acids is 1. The summed E-state index contributed by atoms with van der Waals surface area (Å²) in [6, 6.07) is 0. The minimum Gasteiger partial charge on any atom is -0.389 e. The maximum atomic E-state index is 10.9. The van der Waals surface area contributed by atoms with Gasteiger partial charge in [-0.3, -0.25) is 9.69 Å². The quantitative estimate of drug-likeness (QED) is 0.725.